The zero-order valence-electron chi connectivity index (χ0n) is 11.9. The number of para-hydroxylation sites is 1. The number of aromatic nitrogens is 1. The number of nitrogens with zero attached hydrogens (tertiary/aromatic N) is 1. The van der Waals surface area contributed by atoms with Crippen molar-refractivity contribution in [2.45, 2.75) is 10.9 Å². The maximum atomic E-state index is 13.1. The Labute approximate surface area is 139 Å². The lowest BCUT2D eigenvalue weighted by molar-refractivity contribution is -0.118. The molecular formula is C16H12F2N2OS2. The van der Waals surface area contributed by atoms with Crippen LogP contribution in [0.25, 0.3) is 10.2 Å². The number of hydrogen-bond acceptors (Lipinski definition) is 4. The molecule has 1 N–H and O–H groups in total. The van der Waals surface area contributed by atoms with Crippen LogP contribution in [0.2, 0.25) is 0 Å². The number of thioether (sulfide) groups is 1. The summed E-state index contributed by atoms with van der Waals surface area (Å²) in [6.07, 6.45) is 0. The van der Waals surface area contributed by atoms with Gasteiger partial charge in [-0.1, -0.05) is 23.9 Å². The molecule has 3 rings (SSSR count). The highest BCUT2D eigenvalue weighted by molar-refractivity contribution is 8.01. The second kappa shape index (κ2) is 7.06. The Bertz CT molecular complexity index is 798. The van der Waals surface area contributed by atoms with Crippen molar-refractivity contribution in [3.63, 3.8) is 0 Å². The van der Waals surface area contributed by atoms with Crippen LogP contribution in [0.1, 0.15) is 5.56 Å². The highest BCUT2D eigenvalue weighted by Crippen LogP contribution is 2.29. The number of nitrogens with one attached hydrogen (secondary N) is 1. The minimum Gasteiger partial charge on any atom is -0.351 e. The van der Waals surface area contributed by atoms with Crippen molar-refractivity contribution in [2.24, 2.45) is 0 Å². The van der Waals surface area contributed by atoms with Gasteiger partial charge in [0.1, 0.15) is 11.6 Å². The Morgan fingerprint density at radius 1 is 1.17 bits per heavy atom. The first-order valence-electron chi connectivity index (χ1n) is 6.80. The Morgan fingerprint density at radius 2 is 1.91 bits per heavy atom. The van der Waals surface area contributed by atoms with Crippen LogP contribution in [0.5, 0.6) is 0 Å². The highest BCUT2D eigenvalue weighted by Gasteiger charge is 2.08. The fourth-order valence-corrected chi connectivity index (χ4v) is 3.90. The topological polar surface area (TPSA) is 42.0 Å². The second-order valence-corrected chi connectivity index (χ2v) is 7.04. The number of carbonyl (C=O) groups is 1. The molecule has 1 aromatic heterocycles. The minimum atomic E-state index is -0.655. The van der Waals surface area contributed by atoms with Crippen molar-refractivity contribution in [3.8, 4) is 0 Å². The molecule has 3 aromatic rings. The largest absolute Gasteiger partial charge is 0.351 e. The van der Waals surface area contributed by atoms with Crippen LogP contribution in [0.4, 0.5) is 8.78 Å². The van der Waals surface area contributed by atoms with E-state index in [1.54, 1.807) is 0 Å². The minimum absolute atomic E-state index is 0.0912. The number of halogens is 2. The van der Waals surface area contributed by atoms with Crippen LogP contribution < -0.4 is 5.32 Å². The molecule has 2 aromatic carbocycles. The first-order chi connectivity index (χ1) is 11.1. The summed E-state index contributed by atoms with van der Waals surface area (Å²) in [7, 11) is 0. The van der Waals surface area contributed by atoms with Crippen molar-refractivity contribution in [3.05, 3.63) is 59.7 Å². The van der Waals surface area contributed by atoms with Gasteiger partial charge in [-0.25, -0.2) is 13.8 Å². The summed E-state index contributed by atoms with van der Waals surface area (Å²) in [5.41, 5.74) is 1.30. The smallest absolute Gasteiger partial charge is 0.230 e. The second-order valence-electron chi connectivity index (χ2n) is 4.79. The fourth-order valence-electron chi connectivity index (χ4n) is 2.00. The third-order valence-corrected chi connectivity index (χ3v) is 5.19. The van der Waals surface area contributed by atoms with Gasteiger partial charge in [0.15, 0.2) is 4.34 Å². The number of carbonyl (C=O) groups excluding carboxylic acids is 1. The third kappa shape index (κ3) is 4.27. The fraction of sp³-hybridized carbons (Fsp3) is 0.125. The summed E-state index contributed by atoms with van der Waals surface area (Å²) in [5, 5.41) is 2.64. The van der Waals surface area contributed by atoms with Crippen molar-refractivity contribution in [1.82, 2.24) is 10.3 Å². The summed E-state index contributed by atoms with van der Waals surface area (Å²) in [4.78, 5) is 16.3. The first-order valence-corrected chi connectivity index (χ1v) is 8.60. The molecule has 0 saturated heterocycles. The zero-order valence-corrected chi connectivity index (χ0v) is 13.5. The Hall–Kier alpha value is -1.99. The van der Waals surface area contributed by atoms with E-state index in [1.165, 1.54) is 35.2 Å². The van der Waals surface area contributed by atoms with Gasteiger partial charge in [0, 0.05) is 12.6 Å². The summed E-state index contributed by atoms with van der Waals surface area (Å²) in [6, 6.07) is 11.0. The molecule has 0 saturated carbocycles. The van der Waals surface area contributed by atoms with E-state index in [4.69, 9.17) is 0 Å². The molecule has 23 heavy (non-hydrogen) atoms. The maximum Gasteiger partial charge on any atom is 0.230 e. The van der Waals surface area contributed by atoms with Crippen LogP contribution in [-0.4, -0.2) is 16.6 Å². The molecule has 0 fully saturated rings. The molecule has 118 valence electrons. The normalized spacial score (nSPS) is 10.9. The number of fused-ring (bicyclic) bond motifs is 1. The van der Waals surface area contributed by atoms with E-state index in [2.05, 4.69) is 10.3 Å². The Morgan fingerprint density at radius 3 is 2.65 bits per heavy atom. The van der Waals surface area contributed by atoms with E-state index >= 15 is 0 Å². The molecule has 0 aliphatic carbocycles. The van der Waals surface area contributed by atoms with E-state index in [9.17, 15) is 13.6 Å². The number of hydrogen-bond donors (Lipinski definition) is 1. The summed E-state index contributed by atoms with van der Waals surface area (Å²) >= 11 is 2.87. The van der Waals surface area contributed by atoms with Crippen molar-refractivity contribution in [2.75, 3.05) is 5.75 Å². The average Bonchev–Trinajstić information content (AvgIpc) is 2.93. The maximum absolute atomic E-state index is 13.1. The van der Waals surface area contributed by atoms with Gasteiger partial charge >= 0.3 is 0 Å². The number of thiazole rings is 1. The summed E-state index contributed by atoms with van der Waals surface area (Å²) in [6.45, 7) is 0.0912. The molecule has 0 spiro atoms. The third-order valence-electron chi connectivity index (χ3n) is 3.01. The lowest BCUT2D eigenvalue weighted by atomic mass is 10.2. The van der Waals surface area contributed by atoms with Gasteiger partial charge in [0.25, 0.3) is 0 Å². The zero-order chi connectivity index (χ0) is 16.2. The van der Waals surface area contributed by atoms with Gasteiger partial charge in [-0.3, -0.25) is 4.79 Å². The van der Waals surface area contributed by atoms with Crippen LogP contribution in [0, 0.1) is 11.6 Å². The SMILES string of the molecule is O=C(CSc1nc2ccccc2s1)NCc1cc(F)cc(F)c1. The number of amides is 1. The molecule has 7 heteroatoms. The van der Waals surface area contributed by atoms with Gasteiger partial charge in [0.2, 0.25) is 5.91 Å². The standard InChI is InChI=1S/C16H12F2N2OS2/c17-11-5-10(6-12(18)7-11)8-19-15(21)9-22-16-20-13-3-1-2-4-14(13)23-16/h1-7H,8-9H2,(H,19,21). The quantitative estimate of drug-likeness (QED) is 0.708. The van der Waals surface area contributed by atoms with E-state index in [0.29, 0.717) is 5.56 Å². The lowest BCUT2D eigenvalue weighted by Crippen LogP contribution is -2.24. The summed E-state index contributed by atoms with van der Waals surface area (Å²) < 4.78 is 28.0. The van der Waals surface area contributed by atoms with E-state index < -0.39 is 11.6 Å². The van der Waals surface area contributed by atoms with Crippen LogP contribution >= 0.6 is 23.1 Å². The highest BCUT2D eigenvalue weighted by atomic mass is 32.2. The molecule has 0 aliphatic rings. The van der Waals surface area contributed by atoms with Crippen LogP contribution in [-0.2, 0) is 11.3 Å². The van der Waals surface area contributed by atoms with Crippen molar-refractivity contribution in [1.29, 1.82) is 0 Å². The van der Waals surface area contributed by atoms with Gasteiger partial charge in [-0.05, 0) is 29.8 Å². The van der Waals surface area contributed by atoms with Gasteiger partial charge in [-0.15, -0.1) is 11.3 Å². The molecule has 0 aliphatic heterocycles. The molecule has 3 nitrogen and oxygen atoms in total. The van der Waals surface area contributed by atoms with Crippen molar-refractivity contribution >= 4 is 39.2 Å². The predicted molar refractivity (Wildman–Crippen MR) is 88.5 cm³/mol. The molecule has 0 radical (unpaired) electrons. The van der Waals surface area contributed by atoms with E-state index in [0.717, 1.165) is 20.6 Å². The molecule has 0 bridgehead atoms. The molecule has 0 unspecified atom stereocenters. The lowest BCUT2D eigenvalue weighted by Gasteiger charge is -2.05. The predicted octanol–water partition coefficient (Wildman–Crippen LogP) is 3.98. The first kappa shape index (κ1) is 15.9. The van der Waals surface area contributed by atoms with E-state index in [1.807, 2.05) is 24.3 Å². The van der Waals surface area contributed by atoms with Gasteiger partial charge in [0.05, 0.1) is 16.0 Å². The Balaban J connectivity index is 1.53. The van der Waals surface area contributed by atoms with Crippen LogP contribution in [0.3, 0.4) is 0 Å². The molecule has 0 atom stereocenters. The van der Waals surface area contributed by atoms with Gasteiger partial charge in [-0.2, -0.15) is 0 Å². The Kier molecular flexibility index (Phi) is 4.88. The van der Waals surface area contributed by atoms with Crippen LogP contribution in [0.15, 0.2) is 46.8 Å². The monoisotopic (exact) mass is 350 g/mol. The molecular weight excluding hydrogens is 338 g/mol. The number of rotatable bonds is 5. The molecule has 1 amide bonds. The summed E-state index contributed by atoms with van der Waals surface area (Å²) in [5.74, 6) is -1.31. The van der Waals surface area contributed by atoms with Crippen molar-refractivity contribution < 1.29 is 13.6 Å². The average molecular weight is 350 g/mol. The number of benzene rings is 2. The molecule has 1 heterocycles. The van der Waals surface area contributed by atoms with E-state index in [-0.39, 0.29) is 18.2 Å². The van der Waals surface area contributed by atoms with Gasteiger partial charge < -0.3 is 5.32 Å².